The minimum Gasteiger partial charge on any atom is -0.497 e. The van der Waals surface area contributed by atoms with Gasteiger partial charge in [0, 0.05) is 6.04 Å². The van der Waals surface area contributed by atoms with Gasteiger partial charge in [-0.25, -0.2) is 8.42 Å². The van der Waals surface area contributed by atoms with Crippen molar-refractivity contribution in [3.8, 4) is 5.75 Å². The van der Waals surface area contributed by atoms with Gasteiger partial charge < -0.3 is 10.1 Å². The summed E-state index contributed by atoms with van der Waals surface area (Å²) in [6.07, 6.45) is 2.93. The molecule has 1 heterocycles. The Hall–Kier alpha value is -1.27. The van der Waals surface area contributed by atoms with Crippen molar-refractivity contribution in [3.63, 3.8) is 0 Å². The van der Waals surface area contributed by atoms with E-state index in [9.17, 15) is 8.42 Å². The van der Waals surface area contributed by atoms with Crippen molar-refractivity contribution in [1.82, 2.24) is 5.32 Å². The van der Waals surface area contributed by atoms with E-state index < -0.39 is 10.0 Å². The van der Waals surface area contributed by atoms with E-state index in [0.29, 0.717) is 5.69 Å². The fourth-order valence-electron chi connectivity index (χ4n) is 2.44. The molecule has 2 rings (SSSR count). The van der Waals surface area contributed by atoms with Gasteiger partial charge in [0.1, 0.15) is 5.75 Å². The van der Waals surface area contributed by atoms with Crippen LogP contribution in [0.15, 0.2) is 24.3 Å². The van der Waals surface area contributed by atoms with Gasteiger partial charge in [-0.1, -0.05) is 0 Å². The first-order valence-corrected chi connectivity index (χ1v) is 8.21. The average Bonchev–Trinajstić information content (AvgIpc) is 2.39. The molecule has 0 aliphatic carbocycles. The zero-order valence-corrected chi connectivity index (χ0v) is 12.1. The van der Waals surface area contributed by atoms with E-state index in [4.69, 9.17) is 4.74 Å². The SMILES string of the molecule is COc1ccc(N(C2CCNCC2)S(C)(=O)=O)cc1. The molecule has 1 aromatic carbocycles. The summed E-state index contributed by atoms with van der Waals surface area (Å²) in [5.41, 5.74) is 0.704. The summed E-state index contributed by atoms with van der Waals surface area (Å²) >= 11 is 0. The van der Waals surface area contributed by atoms with Crippen LogP contribution in [0.5, 0.6) is 5.75 Å². The number of sulfonamides is 1. The third-order valence-corrected chi connectivity index (χ3v) is 4.55. The van der Waals surface area contributed by atoms with Crippen LogP contribution < -0.4 is 14.4 Å². The van der Waals surface area contributed by atoms with Crippen molar-refractivity contribution in [2.45, 2.75) is 18.9 Å². The standard InChI is InChI=1S/C13H20N2O3S/c1-18-13-5-3-11(4-6-13)15(19(2,16)17)12-7-9-14-10-8-12/h3-6,12,14H,7-10H2,1-2H3. The zero-order chi connectivity index (χ0) is 13.9. The van der Waals surface area contributed by atoms with E-state index in [-0.39, 0.29) is 6.04 Å². The van der Waals surface area contributed by atoms with E-state index in [1.54, 1.807) is 31.4 Å². The normalized spacial score (nSPS) is 17.2. The molecule has 1 aliphatic heterocycles. The highest BCUT2D eigenvalue weighted by atomic mass is 32.2. The summed E-state index contributed by atoms with van der Waals surface area (Å²) in [5.74, 6) is 0.725. The number of rotatable bonds is 4. The maximum Gasteiger partial charge on any atom is 0.232 e. The van der Waals surface area contributed by atoms with Crippen LogP contribution in [-0.4, -0.2) is 40.9 Å². The number of nitrogens with one attached hydrogen (secondary N) is 1. The maximum atomic E-state index is 12.1. The van der Waals surface area contributed by atoms with Crippen LogP contribution in [0.3, 0.4) is 0 Å². The van der Waals surface area contributed by atoms with E-state index in [1.165, 1.54) is 10.6 Å². The Morgan fingerprint density at radius 1 is 1.21 bits per heavy atom. The summed E-state index contributed by atoms with van der Waals surface area (Å²) in [5, 5.41) is 3.25. The monoisotopic (exact) mass is 284 g/mol. The van der Waals surface area contributed by atoms with Gasteiger partial charge in [0.2, 0.25) is 10.0 Å². The number of nitrogens with zero attached hydrogens (tertiary/aromatic N) is 1. The molecule has 1 aromatic rings. The maximum absolute atomic E-state index is 12.1. The Labute approximate surface area is 114 Å². The van der Waals surface area contributed by atoms with Crippen LogP contribution in [0.25, 0.3) is 0 Å². The summed E-state index contributed by atoms with van der Waals surface area (Å²) in [4.78, 5) is 0. The molecule has 1 aliphatic rings. The molecular weight excluding hydrogens is 264 g/mol. The number of anilines is 1. The molecular formula is C13H20N2O3S. The molecule has 106 valence electrons. The summed E-state index contributed by atoms with van der Waals surface area (Å²) in [6, 6.07) is 7.19. The average molecular weight is 284 g/mol. The highest BCUT2D eigenvalue weighted by molar-refractivity contribution is 7.92. The Bertz CT molecular complexity index is 507. The number of piperidine rings is 1. The first-order chi connectivity index (χ1) is 9.02. The molecule has 1 saturated heterocycles. The minimum atomic E-state index is -3.27. The molecule has 1 fully saturated rings. The van der Waals surface area contributed by atoms with Gasteiger partial charge in [-0.2, -0.15) is 0 Å². The van der Waals surface area contributed by atoms with Crippen LogP contribution >= 0.6 is 0 Å². The molecule has 6 heteroatoms. The summed E-state index contributed by atoms with van der Waals surface area (Å²) < 4.78 is 30.8. The second kappa shape index (κ2) is 5.79. The number of hydrogen-bond donors (Lipinski definition) is 1. The molecule has 0 bridgehead atoms. The lowest BCUT2D eigenvalue weighted by molar-refractivity contribution is 0.414. The highest BCUT2D eigenvalue weighted by Gasteiger charge is 2.28. The van der Waals surface area contributed by atoms with Gasteiger partial charge in [0.05, 0.1) is 19.1 Å². The summed E-state index contributed by atoms with van der Waals surface area (Å²) in [6.45, 7) is 1.71. The van der Waals surface area contributed by atoms with Crippen molar-refractivity contribution in [3.05, 3.63) is 24.3 Å². The quantitative estimate of drug-likeness (QED) is 0.903. The number of methoxy groups -OCH3 is 1. The van der Waals surface area contributed by atoms with Crippen molar-refractivity contribution in [2.24, 2.45) is 0 Å². The lowest BCUT2D eigenvalue weighted by Gasteiger charge is -2.34. The van der Waals surface area contributed by atoms with Crippen LogP contribution in [0.2, 0.25) is 0 Å². The van der Waals surface area contributed by atoms with E-state index in [2.05, 4.69) is 5.32 Å². The van der Waals surface area contributed by atoms with Crippen LogP contribution in [0.1, 0.15) is 12.8 Å². The lowest BCUT2D eigenvalue weighted by Crippen LogP contribution is -2.45. The largest absolute Gasteiger partial charge is 0.497 e. The van der Waals surface area contributed by atoms with Crippen molar-refractivity contribution < 1.29 is 13.2 Å². The van der Waals surface area contributed by atoms with E-state index in [1.807, 2.05) is 0 Å². The first-order valence-electron chi connectivity index (χ1n) is 6.36. The topological polar surface area (TPSA) is 58.6 Å². The lowest BCUT2D eigenvalue weighted by atomic mass is 10.1. The third-order valence-electron chi connectivity index (χ3n) is 3.32. The number of hydrogen-bond acceptors (Lipinski definition) is 4. The Balaban J connectivity index is 2.31. The Morgan fingerprint density at radius 3 is 2.26 bits per heavy atom. The number of benzene rings is 1. The van der Waals surface area contributed by atoms with Crippen molar-refractivity contribution >= 4 is 15.7 Å². The molecule has 0 saturated carbocycles. The van der Waals surface area contributed by atoms with Crippen molar-refractivity contribution in [1.29, 1.82) is 0 Å². The smallest absolute Gasteiger partial charge is 0.232 e. The summed E-state index contributed by atoms with van der Waals surface area (Å²) in [7, 11) is -1.68. The minimum absolute atomic E-state index is 0.0321. The molecule has 0 amide bonds. The van der Waals surface area contributed by atoms with Crippen molar-refractivity contribution in [2.75, 3.05) is 30.8 Å². The fraction of sp³-hybridized carbons (Fsp3) is 0.538. The van der Waals surface area contributed by atoms with Gasteiger partial charge in [-0.3, -0.25) is 4.31 Å². The van der Waals surface area contributed by atoms with Crippen LogP contribution in [-0.2, 0) is 10.0 Å². The number of ether oxygens (including phenoxy) is 1. The molecule has 0 aromatic heterocycles. The molecule has 1 N–H and O–H groups in total. The van der Waals surface area contributed by atoms with Gasteiger partial charge in [-0.15, -0.1) is 0 Å². The Kier molecular flexibility index (Phi) is 4.31. The molecule has 0 atom stereocenters. The first kappa shape index (κ1) is 14.1. The van der Waals surface area contributed by atoms with Gasteiger partial charge in [0.25, 0.3) is 0 Å². The molecule has 0 spiro atoms. The third kappa shape index (κ3) is 3.39. The highest BCUT2D eigenvalue weighted by Crippen LogP contribution is 2.26. The zero-order valence-electron chi connectivity index (χ0n) is 11.3. The van der Waals surface area contributed by atoms with Crippen LogP contribution in [0, 0.1) is 0 Å². The fourth-order valence-corrected chi connectivity index (χ4v) is 3.70. The molecule has 5 nitrogen and oxygen atoms in total. The molecule has 19 heavy (non-hydrogen) atoms. The Morgan fingerprint density at radius 2 is 1.79 bits per heavy atom. The van der Waals surface area contributed by atoms with Gasteiger partial charge in [0.15, 0.2) is 0 Å². The molecule has 0 unspecified atom stereocenters. The predicted molar refractivity (Wildman–Crippen MR) is 76.2 cm³/mol. The second-order valence-electron chi connectivity index (χ2n) is 4.74. The molecule has 0 radical (unpaired) electrons. The van der Waals surface area contributed by atoms with Gasteiger partial charge in [-0.05, 0) is 50.2 Å². The van der Waals surface area contributed by atoms with Gasteiger partial charge >= 0.3 is 0 Å². The van der Waals surface area contributed by atoms with Crippen LogP contribution in [0.4, 0.5) is 5.69 Å². The predicted octanol–water partition coefficient (Wildman–Crippen LogP) is 1.21. The van der Waals surface area contributed by atoms with E-state index >= 15 is 0 Å². The van der Waals surface area contributed by atoms with E-state index in [0.717, 1.165) is 31.7 Å². The second-order valence-corrected chi connectivity index (χ2v) is 6.60.